The van der Waals surface area contributed by atoms with E-state index in [4.69, 9.17) is 4.74 Å². The van der Waals surface area contributed by atoms with E-state index >= 15 is 0 Å². The van der Waals surface area contributed by atoms with Crippen molar-refractivity contribution >= 4 is 48.6 Å². The van der Waals surface area contributed by atoms with Crippen LogP contribution in [0.25, 0.3) is 10.3 Å². The molecular weight excluding hydrogens is 576 g/mol. The van der Waals surface area contributed by atoms with Gasteiger partial charge in [0.1, 0.15) is 10.3 Å². The molecule has 2 aromatic heterocycles. The number of urea groups is 1. The Morgan fingerprint density at radius 3 is 2.67 bits per heavy atom. The summed E-state index contributed by atoms with van der Waals surface area (Å²) in [5, 5.41) is 13.0. The minimum absolute atomic E-state index is 0.0282. The van der Waals surface area contributed by atoms with Gasteiger partial charge in [-0.2, -0.15) is 4.31 Å². The molecule has 0 radical (unpaired) electrons. The SMILES string of the molecule is COc1ccc2nc(NC(=O)N3C[C@]4(CCN(C)C4)c4cc(S(=O)(=O)N(CCO)Cc5ccccc5)ccc43)sc2n1. The molecule has 42 heavy (non-hydrogen) atoms. The van der Waals surface area contributed by atoms with Gasteiger partial charge in [0.2, 0.25) is 15.9 Å². The third-order valence-electron chi connectivity index (χ3n) is 7.92. The van der Waals surface area contributed by atoms with Gasteiger partial charge in [-0.05, 0) is 55.4 Å². The van der Waals surface area contributed by atoms with Crippen LogP contribution < -0.4 is 15.0 Å². The maximum Gasteiger partial charge on any atom is 0.328 e. The molecule has 0 saturated carbocycles. The summed E-state index contributed by atoms with van der Waals surface area (Å²) in [5.41, 5.74) is 2.60. The number of aliphatic hydroxyl groups excluding tert-OH is 1. The van der Waals surface area contributed by atoms with Gasteiger partial charge in [0, 0.05) is 43.3 Å². The first-order valence-electron chi connectivity index (χ1n) is 13.6. The van der Waals surface area contributed by atoms with Crippen molar-refractivity contribution in [2.75, 3.05) is 57.2 Å². The summed E-state index contributed by atoms with van der Waals surface area (Å²) in [6.45, 7) is 1.77. The number of aliphatic hydroxyl groups is 1. The first-order valence-corrected chi connectivity index (χ1v) is 15.9. The normalized spacial score (nSPS) is 18.7. The molecule has 6 rings (SSSR count). The molecule has 13 heteroatoms. The number of ether oxygens (including phenoxy) is 1. The highest BCUT2D eigenvalue weighted by atomic mass is 32.2. The van der Waals surface area contributed by atoms with E-state index in [2.05, 4.69) is 20.2 Å². The number of sulfonamides is 1. The second kappa shape index (κ2) is 11.2. The number of likely N-dealkylation sites (tertiary alicyclic amines) is 1. The van der Waals surface area contributed by atoms with Crippen molar-refractivity contribution in [1.82, 2.24) is 19.2 Å². The molecule has 220 valence electrons. The molecule has 1 spiro atoms. The topological polar surface area (TPSA) is 128 Å². The molecule has 4 aromatic rings. The van der Waals surface area contributed by atoms with Gasteiger partial charge in [0.25, 0.3) is 0 Å². The number of benzene rings is 2. The van der Waals surface area contributed by atoms with Crippen LogP contribution in [0.5, 0.6) is 5.88 Å². The van der Waals surface area contributed by atoms with Crippen LogP contribution >= 0.6 is 11.3 Å². The highest BCUT2D eigenvalue weighted by molar-refractivity contribution is 7.89. The van der Waals surface area contributed by atoms with Crippen molar-refractivity contribution < 1.29 is 23.1 Å². The highest BCUT2D eigenvalue weighted by Crippen LogP contribution is 2.47. The lowest BCUT2D eigenvalue weighted by Crippen LogP contribution is -2.40. The standard InChI is InChI=1S/C29H32N6O5S2/c1-33-13-12-29(18-33)19-35(28(37)32-27-30-23-9-11-25(40-2)31-26(23)41-27)24-10-8-21(16-22(24)29)42(38,39)34(14-15-36)17-20-6-4-3-5-7-20/h3-11,16,36H,12-15,17-19H2,1-2H3,(H,30,32,37)/t29-/m1/s1. The van der Waals surface area contributed by atoms with Gasteiger partial charge in [-0.25, -0.2) is 23.2 Å². The Bertz CT molecular complexity index is 1730. The third kappa shape index (κ3) is 5.22. The third-order valence-corrected chi connectivity index (χ3v) is 10.6. The van der Waals surface area contributed by atoms with Gasteiger partial charge in [0.15, 0.2) is 5.13 Å². The Balaban J connectivity index is 1.32. The molecule has 11 nitrogen and oxygen atoms in total. The van der Waals surface area contributed by atoms with Gasteiger partial charge in [-0.3, -0.25) is 10.2 Å². The molecule has 2 amide bonds. The summed E-state index contributed by atoms with van der Waals surface area (Å²) in [7, 11) is -0.359. The molecule has 2 aliphatic heterocycles. The molecule has 1 fully saturated rings. The number of rotatable bonds is 8. The van der Waals surface area contributed by atoms with Gasteiger partial charge < -0.3 is 14.7 Å². The largest absolute Gasteiger partial charge is 0.481 e. The lowest BCUT2D eigenvalue weighted by Gasteiger charge is -2.25. The number of methoxy groups -OCH3 is 1. The number of likely N-dealkylation sites (N-methyl/N-ethyl adjacent to an activating group) is 1. The number of nitrogens with zero attached hydrogens (tertiary/aromatic N) is 5. The van der Waals surface area contributed by atoms with E-state index in [9.17, 15) is 18.3 Å². The summed E-state index contributed by atoms with van der Waals surface area (Å²) >= 11 is 1.26. The lowest BCUT2D eigenvalue weighted by molar-refractivity contribution is 0.251. The molecule has 2 N–H and O–H groups in total. The monoisotopic (exact) mass is 608 g/mol. The lowest BCUT2D eigenvalue weighted by atomic mass is 9.81. The van der Waals surface area contributed by atoms with Crippen LogP contribution in [0.2, 0.25) is 0 Å². The van der Waals surface area contributed by atoms with E-state index in [1.54, 1.807) is 42.3 Å². The maximum absolute atomic E-state index is 13.9. The van der Waals surface area contributed by atoms with E-state index in [0.29, 0.717) is 40.1 Å². The number of carbonyl (C=O) groups is 1. The van der Waals surface area contributed by atoms with Crippen LogP contribution in [0.3, 0.4) is 0 Å². The average Bonchev–Trinajstić information content (AvgIpc) is 3.67. The van der Waals surface area contributed by atoms with Crippen molar-refractivity contribution in [3.05, 3.63) is 71.8 Å². The summed E-state index contributed by atoms with van der Waals surface area (Å²) < 4.78 is 34.2. The van der Waals surface area contributed by atoms with Gasteiger partial charge in [-0.15, -0.1) is 0 Å². The van der Waals surface area contributed by atoms with Crippen LogP contribution in [0.4, 0.5) is 15.6 Å². The molecule has 0 bridgehead atoms. The van der Waals surface area contributed by atoms with E-state index in [1.807, 2.05) is 37.4 Å². The number of hydrogen-bond acceptors (Lipinski definition) is 9. The molecule has 0 aliphatic carbocycles. The zero-order chi connectivity index (χ0) is 29.5. The smallest absolute Gasteiger partial charge is 0.328 e. The first kappa shape index (κ1) is 28.5. The zero-order valence-electron chi connectivity index (χ0n) is 23.4. The average molecular weight is 609 g/mol. The predicted octanol–water partition coefficient (Wildman–Crippen LogP) is 3.51. The molecular formula is C29H32N6O5S2. The van der Waals surface area contributed by atoms with Crippen LogP contribution in [0.15, 0.2) is 65.6 Å². The molecule has 1 atom stereocenters. The second-order valence-corrected chi connectivity index (χ2v) is 13.6. The van der Waals surface area contributed by atoms with E-state index < -0.39 is 15.4 Å². The van der Waals surface area contributed by atoms with Crippen molar-refractivity contribution in [3.63, 3.8) is 0 Å². The van der Waals surface area contributed by atoms with E-state index in [1.165, 1.54) is 15.6 Å². The first-order chi connectivity index (χ1) is 20.2. The maximum atomic E-state index is 13.9. The number of pyridine rings is 1. The minimum Gasteiger partial charge on any atom is -0.481 e. The Morgan fingerprint density at radius 1 is 1.14 bits per heavy atom. The number of amides is 2. The highest BCUT2D eigenvalue weighted by Gasteiger charge is 2.48. The summed E-state index contributed by atoms with van der Waals surface area (Å²) in [4.78, 5) is 27.2. The fourth-order valence-electron chi connectivity index (χ4n) is 5.88. The van der Waals surface area contributed by atoms with Crippen molar-refractivity contribution in [1.29, 1.82) is 0 Å². The Kier molecular flexibility index (Phi) is 7.62. The molecule has 4 heterocycles. The van der Waals surface area contributed by atoms with Crippen molar-refractivity contribution in [2.45, 2.75) is 23.3 Å². The van der Waals surface area contributed by atoms with Crippen LogP contribution in [0, 0.1) is 0 Å². The fraction of sp³-hybridized carbons (Fsp3) is 0.345. The van der Waals surface area contributed by atoms with Gasteiger partial charge in [-0.1, -0.05) is 41.7 Å². The second-order valence-electron chi connectivity index (χ2n) is 10.7. The predicted molar refractivity (Wildman–Crippen MR) is 162 cm³/mol. The Hall–Kier alpha value is -3.62. The molecule has 2 aliphatic rings. The molecule has 1 saturated heterocycles. The van der Waals surface area contributed by atoms with E-state index in [0.717, 1.165) is 24.1 Å². The van der Waals surface area contributed by atoms with Crippen LogP contribution in [0.1, 0.15) is 17.5 Å². The van der Waals surface area contributed by atoms with E-state index in [-0.39, 0.29) is 30.6 Å². The number of carbonyl (C=O) groups excluding carboxylic acids is 1. The number of thiazole rings is 1. The number of hydrogen-bond donors (Lipinski definition) is 2. The fourth-order valence-corrected chi connectivity index (χ4v) is 8.14. The quantitative estimate of drug-likeness (QED) is 0.311. The van der Waals surface area contributed by atoms with Crippen molar-refractivity contribution in [3.8, 4) is 5.88 Å². The number of aromatic nitrogens is 2. The number of nitrogens with one attached hydrogen (secondary N) is 1. The minimum atomic E-state index is -3.93. The van der Waals surface area contributed by atoms with Crippen LogP contribution in [-0.2, 0) is 22.0 Å². The Morgan fingerprint density at radius 2 is 1.95 bits per heavy atom. The molecule has 2 aromatic carbocycles. The summed E-state index contributed by atoms with van der Waals surface area (Å²) in [6.07, 6.45) is 0.791. The number of anilines is 2. The molecule has 0 unspecified atom stereocenters. The zero-order valence-corrected chi connectivity index (χ0v) is 25.0. The van der Waals surface area contributed by atoms with Crippen LogP contribution in [-0.4, -0.2) is 85.7 Å². The van der Waals surface area contributed by atoms with Gasteiger partial charge in [0.05, 0.1) is 18.6 Å². The van der Waals surface area contributed by atoms with Gasteiger partial charge >= 0.3 is 6.03 Å². The summed E-state index contributed by atoms with van der Waals surface area (Å²) in [6, 6.07) is 17.5. The Labute approximate surface area is 248 Å². The summed E-state index contributed by atoms with van der Waals surface area (Å²) in [5.74, 6) is 0.469. The van der Waals surface area contributed by atoms with Crippen molar-refractivity contribution in [2.24, 2.45) is 0 Å². The number of fused-ring (bicyclic) bond motifs is 3.